The standard InChI is InChI=1S/C13H15NO5S/c1-18-10-6-9(13(4-5-13)14-8-15)12(20(3,16)17)7-11(10)19-2/h6-7H,4-5H2,1-3H3. The predicted molar refractivity (Wildman–Crippen MR) is 71.7 cm³/mol. The Bertz CT molecular complexity index is 685. The summed E-state index contributed by atoms with van der Waals surface area (Å²) in [4.78, 5) is 14.5. The lowest BCUT2D eigenvalue weighted by Gasteiger charge is -2.17. The zero-order valence-corrected chi connectivity index (χ0v) is 12.3. The maximum atomic E-state index is 12.0. The Morgan fingerprint density at radius 2 is 1.75 bits per heavy atom. The minimum Gasteiger partial charge on any atom is -0.493 e. The molecule has 1 fully saturated rings. The lowest BCUT2D eigenvalue weighted by molar-refractivity contribution is 0.352. The highest BCUT2D eigenvalue weighted by atomic mass is 32.2. The second kappa shape index (κ2) is 4.92. The van der Waals surface area contributed by atoms with Crippen molar-refractivity contribution in [3.8, 4) is 11.5 Å². The lowest BCUT2D eigenvalue weighted by atomic mass is 10.0. The van der Waals surface area contributed by atoms with Crippen LogP contribution in [0.1, 0.15) is 18.4 Å². The van der Waals surface area contributed by atoms with Crippen LogP contribution in [0, 0.1) is 0 Å². The number of isocyanates is 1. The number of carbonyl (C=O) groups excluding carboxylic acids is 1. The molecule has 1 aromatic carbocycles. The molecule has 0 aliphatic heterocycles. The first kappa shape index (κ1) is 14.6. The summed E-state index contributed by atoms with van der Waals surface area (Å²) in [7, 11) is -0.585. The first-order valence-corrected chi connectivity index (χ1v) is 7.83. The predicted octanol–water partition coefficient (Wildman–Crippen LogP) is 1.43. The van der Waals surface area contributed by atoms with Gasteiger partial charge in [-0.05, 0) is 18.9 Å². The quantitative estimate of drug-likeness (QED) is 0.606. The molecule has 0 heterocycles. The van der Waals surface area contributed by atoms with E-state index in [1.807, 2.05) is 0 Å². The first-order valence-electron chi connectivity index (χ1n) is 5.93. The molecular weight excluding hydrogens is 282 g/mol. The fourth-order valence-corrected chi connectivity index (χ4v) is 3.15. The molecule has 0 N–H and O–H groups in total. The Morgan fingerprint density at radius 3 is 2.15 bits per heavy atom. The molecule has 0 amide bonds. The summed E-state index contributed by atoms with van der Waals surface area (Å²) in [5.74, 6) is 0.727. The Morgan fingerprint density at radius 1 is 1.20 bits per heavy atom. The van der Waals surface area contributed by atoms with Gasteiger partial charge in [0.05, 0.1) is 24.7 Å². The maximum Gasteiger partial charge on any atom is 0.235 e. The van der Waals surface area contributed by atoms with Crippen molar-refractivity contribution in [1.82, 2.24) is 0 Å². The molecule has 0 bridgehead atoms. The number of ether oxygens (including phenoxy) is 2. The largest absolute Gasteiger partial charge is 0.493 e. The van der Waals surface area contributed by atoms with E-state index >= 15 is 0 Å². The van der Waals surface area contributed by atoms with Crippen molar-refractivity contribution in [3.63, 3.8) is 0 Å². The van der Waals surface area contributed by atoms with E-state index in [1.165, 1.54) is 26.4 Å². The van der Waals surface area contributed by atoms with Gasteiger partial charge in [-0.25, -0.2) is 13.2 Å². The molecule has 0 saturated heterocycles. The molecule has 108 valence electrons. The highest BCUT2D eigenvalue weighted by Crippen LogP contribution is 2.53. The van der Waals surface area contributed by atoms with Gasteiger partial charge in [0.1, 0.15) is 0 Å². The number of sulfone groups is 1. The van der Waals surface area contributed by atoms with Crippen LogP contribution in [-0.4, -0.2) is 35.0 Å². The zero-order valence-electron chi connectivity index (χ0n) is 11.5. The van der Waals surface area contributed by atoms with Crippen molar-refractivity contribution in [2.75, 3.05) is 20.5 Å². The fourth-order valence-electron chi connectivity index (χ4n) is 2.18. The van der Waals surface area contributed by atoms with Crippen molar-refractivity contribution < 1.29 is 22.7 Å². The molecule has 1 aliphatic carbocycles. The summed E-state index contributed by atoms with van der Waals surface area (Å²) in [5, 5.41) is 0. The van der Waals surface area contributed by atoms with Crippen molar-refractivity contribution in [2.24, 2.45) is 4.99 Å². The van der Waals surface area contributed by atoms with Crippen LogP contribution < -0.4 is 9.47 Å². The van der Waals surface area contributed by atoms with Gasteiger partial charge in [0, 0.05) is 17.9 Å². The SMILES string of the molecule is COc1cc(C2(N=C=O)CC2)c(S(C)(=O)=O)cc1OC. The van der Waals surface area contributed by atoms with Gasteiger partial charge >= 0.3 is 0 Å². The van der Waals surface area contributed by atoms with Gasteiger partial charge in [-0.1, -0.05) is 0 Å². The van der Waals surface area contributed by atoms with E-state index in [9.17, 15) is 13.2 Å². The second-order valence-corrected chi connectivity index (χ2v) is 6.69. The number of benzene rings is 1. The fraction of sp³-hybridized carbons (Fsp3) is 0.462. The van der Waals surface area contributed by atoms with Crippen LogP contribution in [0.25, 0.3) is 0 Å². The lowest BCUT2D eigenvalue weighted by Crippen LogP contribution is -2.11. The maximum absolute atomic E-state index is 12.0. The van der Waals surface area contributed by atoms with Crippen LogP contribution >= 0.6 is 0 Å². The Labute approximate surface area is 117 Å². The third-order valence-corrected chi connectivity index (χ3v) is 4.51. The molecule has 20 heavy (non-hydrogen) atoms. The van der Waals surface area contributed by atoms with Gasteiger partial charge in [0.25, 0.3) is 0 Å². The van der Waals surface area contributed by atoms with Crippen molar-refractivity contribution in [2.45, 2.75) is 23.3 Å². The summed E-state index contributed by atoms with van der Waals surface area (Å²) in [5.41, 5.74) is -0.333. The van der Waals surface area contributed by atoms with Gasteiger partial charge in [0.2, 0.25) is 6.08 Å². The summed E-state index contributed by atoms with van der Waals surface area (Å²) in [6, 6.07) is 2.98. The molecule has 0 spiro atoms. The number of nitrogens with zero attached hydrogens (tertiary/aromatic N) is 1. The topological polar surface area (TPSA) is 82.0 Å². The second-order valence-electron chi connectivity index (χ2n) is 4.71. The van der Waals surface area contributed by atoms with Crippen LogP contribution in [0.4, 0.5) is 0 Å². The molecule has 1 saturated carbocycles. The van der Waals surface area contributed by atoms with E-state index in [4.69, 9.17) is 9.47 Å². The van der Waals surface area contributed by atoms with Crippen LogP contribution in [-0.2, 0) is 20.2 Å². The smallest absolute Gasteiger partial charge is 0.235 e. The Kier molecular flexibility index (Phi) is 3.58. The van der Waals surface area contributed by atoms with Crippen LogP contribution in [0.15, 0.2) is 22.0 Å². The van der Waals surface area contributed by atoms with Gasteiger partial charge in [-0.2, -0.15) is 4.99 Å². The normalized spacial score (nSPS) is 16.1. The zero-order chi connectivity index (χ0) is 15.0. The van der Waals surface area contributed by atoms with E-state index in [2.05, 4.69) is 4.99 Å². The molecule has 2 rings (SSSR count). The minimum absolute atomic E-state index is 0.103. The number of methoxy groups -OCH3 is 2. The van der Waals surface area contributed by atoms with Gasteiger partial charge < -0.3 is 9.47 Å². The highest BCUT2D eigenvalue weighted by molar-refractivity contribution is 7.90. The number of aliphatic imine (C=N–C) groups is 1. The molecule has 1 aliphatic rings. The summed E-state index contributed by atoms with van der Waals surface area (Å²) in [6.45, 7) is 0. The molecule has 0 atom stereocenters. The number of hydrogen-bond acceptors (Lipinski definition) is 6. The van der Waals surface area contributed by atoms with Crippen LogP contribution in [0.5, 0.6) is 11.5 Å². The van der Waals surface area contributed by atoms with Crippen LogP contribution in [0.3, 0.4) is 0 Å². The third kappa shape index (κ3) is 2.42. The highest BCUT2D eigenvalue weighted by Gasteiger charge is 2.48. The van der Waals surface area contributed by atoms with Crippen molar-refractivity contribution in [3.05, 3.63) is 17.7 Å². The van der Waals surface area contributed by atoms with E-state index in [0.29, 0.717) is 29.9 Å². The Hall–Kier alpha value is -1.85. The third-order valence-electron chi connectivity index (χ3n) is 3.37. The van der Waals surface area contributed by atoms with E-state index < -0.39 is 15.4 Å². The summed E-state index contributed by atoms with van der Waals surface area (Å²) in [6.07, 6.45) is 3.85. The molecule has 0 unspecified atom stereocenters. The van der Waals surface area contributed by atoms with Crippen molar-refractivity contribution >= 4 is 15.9 Å². The van der Waals surface area contributed by atoms with E-state index in [-0.39, 0.29) is 4.90 Å². The van der Waals surface area contributed by atoms with Gasteiger partial charge in [0.15, 0.2) is 21.3 Å². The van der Waals surface area contributed by atoms with Gasteiger partial charge in [-0.3, -0.25) is 0 Å². The average molecular weight is 297 g/mol. The minimum atomic E-state index is -3.48. The number of hydrogen-bond donors (Lipinski definition) is 0. The molecule has 0 radical (unpaired) electrons. The van der Waals surface area contributed by atoms with E-state index in [1.54, 1.807) is 6.07 Å². The van der Waals surface area contributed by atoms with Crippen LogP contribution in [0.2, 0.25) is 0 Å². The molecule has 6 nitrogen and oxygen atoms in total. The molecule has 0 aromatic heterocycles. The van der Waals surface area contributed by atoms with Crippen molar-refractivity contribution in [1.29, 1.82) is 0 Å². The molecule has 1 aromatic rings. The first-order chi connectivity index (χ1) is 9.38. The van der Waals surface area contributed by atoms with Gasteiger partial charge in [-0.15, -0.1) is 0 Å². The summed E-state index contributed by atoms with van der Waals surface area (Å²) >= 11 is 0. The monoisotopic (exact) mass is 297 g/mol. The summed E-state index contributed by atoms with van der Waals surface area (Å²) < 4.78 is 34.2. The average Bonchev–Trinajstić information content (AvgIpc) is 3.17. The molecule has 7 heteroatoms. The van der Waals surface area contributed by atoms with E-state index in [0.717, 1.165) is 6.26 Å². The Balaban J connectivity index is 2.75. The number of rotatable bonds is 5. The molecular formula is C13H15NO5S.